The Labute approximate surface area is 681 Å². The van der Waals surface area contributed by atoms with E-state index in [2.05, 4.69) is 173 Å². The Balaban J connectivity index is 0.000000215. The van der Waals surface area contributed by atoms with E-state index in [1.165, 1.54) is 39.8 Å². The molecular formula is C91H131BBrN3O11S3. The molecule has 0 bridgehead atoms. The molecule has 110 heavy (non-hydrogen) atoms. The molecule has 1 saturated heterocycles. The lowest BCUT2D eigenvalue weighted by Gasteiger charge is -2.32. The molecular weight excluding hydrogens is 1500 g/mol. The Kier molecular flexibility index (Phi) is 31.9. The quantitative estimate of drug-likeness (QED) is 0.0364. The zero-order valence-electron chi connectivity index (χ0n) is 71.7. The normalized spacial score (nSPS) is 18.0. The average Bonchev–Trinajstić information content (AvgIpc) is 1.58. The fraction of sp³-hybridized carbons (Fsp3) is 0.604. The van der Waals surface area contributed by atoms with Crippen molar-refractivity contribution in [2.75, 3.05) is 13.2 Å². The fourth-order valence-electron chi connectivity index (χ4n) is 14.1. The van der Waals surface area contributed by atoms with Crippen LogP contribution in [0.3, 0.4) is 0 Å². The lowest BCUT2D eigenvalue weighted by Crippen LogP contribution is -2.41. The van der Waals surface area contributed by atoms with E-state index in [0.29, 0.717) is 13.2 Å². The third kappa shape index (κ3) is 25.0. The third-order valence-corrected chi connectivity index (χ3v) is 24.6. The van der Waals surface area contributed by atoms with Crippen molar-refractivity contribution in [1.29, 1.82) is 0 Å². The van der Waals surface area contributed by atoms with Crippen molar-refractivity contribution >= 4 is 96.5 Å². The predicted molar refractivity (Wildman–Crippen MR) is 462 cm³/mol. The summed E-state index contributed by atoms with van der Waals surface area (Å²) in [4.78, 5) is 57.6. The maximum Gasteiger partial charge on any atom is 0.506 e. The summed E-state index contributed by atoms with van der Waals surface area (Å²) in [5.74, 6) is -1.62. The van der Waals surface area contributed by atoms with Crippen LogP contribution >= 0.6 is 49.9 Å². The van der Waals surface area contributed by atoms with Crippen LogP contribution < -0.4 is 4.78 Å². The Hall–Kier alpha value is -5.48. The summed E-state index contributed by atoms with van der Waals surface area (Å²) in [6, 6.07) is 12.6. The Morgan fingerprint density at radius 2 is 0.827 bits per heavy atom. The molecule has 7 heterocycles. The van der Waals surface area contributed by atoms with Crippen molar-refractivity contribution in [3.8, 4) is 21.1 Å². The molecule has 19 heteroatoms. The molecule has 4 aliphatic rings. The minimum Gasteiger partial charge on any atom is -0.479 e. The van der Waals surface area contributed by atoms with Crippen LogP contribution in [0.5, 0.6) is 0 Å². The van der Waals surface area contributed by atoms with E-state index in [0.717, 1.165) is 168 Å². The number of carboxylic acids is 1. The molecule has 6 aromatic rings. The van der Waals surface area contributed by atoms with Gasteiger partial charge in [0.2, 0.25) is 0 Å². The van der Waals surface area contributed by atoms with Crippen LogP contribution in [0.15, 0.2) is 77.8 Å². The van der Waals surface area contributed by atoms with E-state index >= 15 is 0 Å². The summed E-state index contributed by atoms with van der Waals surface area (Å²) >= 11 is 8.32. The van der Waals surface area contributed by atoms with Crippen molar-refractivity contribution < 1.29 is 52.5 Å². The number of hydrogen-bond donors (Lipinski definition) is 1. The van der Waals surface area contributed by atoms with Gasteiger partial charge in [-0.1, -0.05) is 99.8 Å². The summed E-state index contributed by atoms with van der Waals surface area (Å²) < 4.78 is 44.8. The molecule has 0 amide bonds. The highest BCUT2D eigenvalue weighted by atomic mass is 79.9. The van der Waals surface area contributed by atoms with Gasteiger partial charge >= 0.3 is 25.0 Å². The topological polar surface area (TPSA) is 175 Å². The smallest absolute Gasteiger partial charge is 0.479 e. The van der Waals surface area contributed by atoms with Crippen LogP contribution in [0.25, 0.3) is 37.9 Å². The number of aromatic nitrogens is 3. The van der Waals surface area contributed by atoms with Crippen LogP contribution in [0.2, 0.25) is 0 Å². The summed E-state index contributed by atoms with van der Waals surface area (Å²) in [5, 5.41) is 10.2. The highest BCUT2D eigenvalue weighted by Crippen LogP contribution is 2.52. The van der Waals surface area contributed by atoms with Crippen LogP contribution in [-0.2, 0) is 66.6 Å². The van der Waals surface area contributed by atoms with Gasteiger partial charge in [-0.15, -0.1) is 34.0 Å². The van der Waals surface area contributed by atoms with E-state index in [4.69, 9.17) is 43.0 Å². The minimum atomic E-state index is -1.01. The van der Waals surface area contributed by atoms with Crippen LogP contribution in [0.1, 0.15) is 326 Å². The van der Waals surface area contributed by atoms with Gasteiger partial charge in [0, 0.05) is 65.8 Å². The summed E-state index contributed by atoms with van der Waals surface area (Å²) in [7, 11) is -0.495. The van der Waals surface area contributed by atoms with Crippen molar-refractivity contribution in [2.24, 2.45) is 16.2 Å². The largest absolute Gasteiger partial charge is 0.506 e. The van der Waals surface area contributed by atoms with Gasteiger partial charge in [-0.3, -0.25) is 9.97 Å². The molecule has 3 unspecified atom stereocenters. The molecule has 1 aliphatic heterocycles. The second kappa shape index (κ2) is 38.3. The molecule has 3 atom stereocenters. The standard InChI is InChI=1S/C29H41NO3S.C27H43BO5S.C27H37NO3S.C8H10BrN/c1-9-11-20-14-17-30-22(18-20)26-24(21-12-15-29(7,8)16-13-21)23(19(3)34-26)25(27(31)32-10-2)33-28(4,5)6;1-12-30-23(29)21(31-24(3,4)5)19-17(2)34-22(28-32-26(8,9)27(10,11)33-28)20(19)18-13-15-25(6,7)16-14-18;1-8-9-18-12-15-28-20(16-18)24-22(19-10-13-27(6,7)14-11-19)21(17(2)32-24)23(25(29)30)31-26(3,4)5;1-2-3-7-4-5-10-8(9)6-7/h12,14,17-18,25H,9-11,13,15-16H2,1-8H3;13,21H,12,14-16H2,1-11H3;10,12,15-16,23H,8-9,11,13-14H2,1-7H3,(H,29,30);4-6H,2-3H2,1H3. The second-order valence-corrected chi connectivity index (χ2v) is 40.8. The van der Waals surface area contributed by atoms with E-state index in [1.807, 2.05) is 108 Å². The third-order valence-electron chi connectivity index (χ3n) is 20.7. The van der Waals surface area contributed by atoms with Gasteiger partial charge in [0.05, 0.1) is 62.4 Å². The first kappa shape index (κ1) is 91.7. The first-order valence-corrected chi connectivity index (χ1v) is 43.4. The number of hydrogen-bond acceptors (Lipinski definition) is 16. The summed E-state index contributed by atoms with van der Waals surface area (Å²) in [6.07, 6.45) is 25.7. The predicted octanol–water partition coefficient (Wildman–Crippen LogP) is 24.9. The molecule has 1 fully saturated rings. The number of carboxylic acid groups (broad SMARTS) is 1. The highest BCUT2D eigenvalue weighted by molar-refractivity contribution is 9.10. The molecule has 0 radical (unpaired) electrons. The summed E-state index contributed by atoms with van der Waals surface area (Å²) in [5.41, 5.74) is 13.8. The van der Waals surface area contributed by atoms with E-state index in [1.54, 1.807) is 34.0 Å². The zero-order chi connectivity index (χ0) is 81.9. The van der Waals surface area contributed by atoms with Gasteiger partial charge in [-0.05, 0) is 309 Å². The monoisotopic (exact) mass is 1630 g/mol. The van der Waals surface area contributed by atoms with E-state index < -0.39 is 59.4 Å². The minimum absolute atomic E-state index is 0.266. The van der Waals surface area contributed by atoms with Crippen LogP contribution in [0.4, 0.5) is 0 Å². The number of allylic oxidation sites excluding steroid dienone is 6. The molecule has 3 aliphatic carbocycles. The molecule has 14 nitrogen and oxygen atoms in total. The van der Waals surface area contributed by atoms with Crippen molar-refractivity contribution in [2.45, 2.75) is 330 Å². The van der Waals surface area contributed by atoms with Crippen LogP contribution in [0, 0.1) is 37.0 Å². The maximum atomic E-state index is 13.2. The first-order chi connectivity index (χ1) is 51.2. The number of esters is 2. The lowest BCUT2D eigenvalue weighted by atomic mass is 9.73. The van der Waals surface area contributed by atoms with Crippen LogP contribution in [-0.4, -0.2) is 86.3 Å². The maximum absolute atomic E-state index is 13.2. The van der Waals surface area contributed by atoms with Gasteiger partial charge in [0.15, 0.2) is 18.3 Å². The zero-order valence-corrected chi connectivity index (χ0v) is 75.8. The van der Waals surface area contributed by atoms with Gasteiger partial charge in [0.25, 0.3) is 0 Å². The van der Waals surface area contributed by atoms with E-state index in [9.17, 15) is 19.5 Å². The molecule has 1 N–H and O–H groups in total. The number of thiophene rings is 3. The van der Waals surface area contributed by atoms with Crippen molar-refractivity contribution in [3.63, 3.8) is 0 Å². The summed E-state index contributed by atoms with van der Waals surface area (Å²) in [6.45, 7) is 56.7. The average molecular weight is 1630 g/mol. The molecule has 604 valence electrons. The SMILES string of the molecule is CCCc1ccnc(-c2sc(C)c(C(OC(C)(C)C)C(=O)O)c2C2=CCC(C)(C)CC2)c1.CCCc1ccnc(-c2sc(C)c(C(OC(C)(C)C)C(=O)OCC)c2C2=CCC(C)(C)CC2)c1.CCCc1ccnc(Br)c1.CCOC(=O)C(OC(C)(C)C)c1c(C)sc(B2OC(C)(C)C(C)(C)O2)c1C1=CCC(C)(C)CC1. The first-order valence-electron chi connectivity index (χ1n) is 40.1. The van der Waals surface area contributed by atoms with Gasteiger partial charge in [0.1, 0.15) is 4.60 Å². The Morgan fingerprint density at radius 1 is 0.500 bits per heavy atom. The molecule has 6 aromatic heterocycles. The van der Waals surface area contributed by atoms with Gasteiger partial charge in [-0.2, -0.15) is 0 Å². The highest BCUT2D eigenvalue weighted by Gasteiger charge is 2.54. The molecule has 10 rings (SSSR count). The molecule has 0 spiro atoms. The lowest BCUT2D eigenvalue weighted by molar-refractivity contribution is -0.167. The number of carbonyl (C=O) groups is 3. The molecule has 0 saturated carbocycles. The number of ether oxygens (including phenoxy) is 5. The number of pyridine rings is 3. The van der Waals surface area contributed by atoms with Crippen molar-refractivity contribution in [3.05, 3.63) is 143 Å². The Bertz CT molecular complexity index is 4210. The number of nitrogens with zero attached hydrogens (tertiary/aromatic N) is 3. The second-order valence-electron chi connectivity index (χ2n) is 36.3. The number of carbonyl (C=O) groups excluding carboxylic acids is 2. The molecule has 0 aromatic carbocycles. The van der Waals surface area contributed by atoms with Gasteiger partial charge in [-0.25, -0.2) is 19.4 Å². The number of aryl methyl sites for hydroxylation is 6. The fourth-order valence-corrected chi connectivity index (χ4v) is 18.1. The number of halogens is 1. The Morgan fingerprint density at radius 3 is 1.15 bits per heavy atom. The van der Waals surface area contributed by atoms with E-state index in [-0.39, 0.29) is 28.2 Å². The number of aliphatic carboxylic acids is 1. The number of rotatable bonds is 23. The van der Waals surface area contributed by atoms with Crippen molar-refractivity contribution in [1.82, 2.24) is 15.0 Å². The van der Waals surface area contributed by atoms with Gasteiger partial charge < -0.3 is 38.1 Å².